The van der Waals surface area contributed by atoms with Gasteiger partial charge in [0.2, 0.25) is 10.0 Å². The number of fused-ring (bicyclic) bond motifs is 1. The quantitative estimate of drug-likeness (QED) is 0.327. The lowest BCUT2D eigenvalue weighted by atomic mass is 10.0. The van der Waals surface area contributed by atoms with Gasteiger partial charge in [-0.3, -0.25) is 4.99 Å². The molecule has 0 amide bonds. The van der Waals surface area contributed by atoms with Crippen LogP contribution >= 0.6 is 47.1 Å². The van der Waals surface area contributed by atoms with Crippen molar-refractivity contribution in [2.45, 2.75) is 32.2 Å². The molecule has 1 aromatic rings. The summed E-state index contributed by atoms with van der Waals surface area (Å²) in [6.45, 7) is 2.29. The molecule has 11 heteroatoms. The van der Waals surface area contributed by atoms with Crippen molar-refractivity contribution in [3.63, 3.8) is 0 Å². The van der Waals surface area contributed by atoms with E-state index < -0.39 is 10.0 Å². The van der Waals surface area contributed by atoms with Crippen LogP contribution in [0.4, 0.5) is 0 Å². The lowest BCUT2D eigenvalue weighted by Gasteiger charge is -2.26. The van der Waals surface area contributed by atoms with Gasteiger partial charge in [-0.2, -0.15) is 11.8 Å². The van der Waals surface area contributed by atoms with E-state index in [1.165, 1.54) is 23.4 Å². The molecule has 28 heavy (non-hydrogen) atoms. The van der Waals surface area contributed by atoms with Crippen molar-refractivity contribution < 1.29 is 8.42 Å². The summed E-state index contributed by atoms with van der Waals surface area (Å²) in [7, 11) is 0.488. The van der Waals surface area contributed by atoms with Crippen molar-refractivity contribution in [3.8, 4) is 0 Å². The Morgan fingerprint density at radius 1 is 1.29 bits per heavy atom. The number of aromatic nitrogens is 1. The van der Waals surface area contributed by atoms with Gasteiger partial charge in [0.1, 0.15) is 5.01 Å². The fourth-order valence-corrected chi connectivity index (χ4v) is 7.08. The number of sulfonamides is 1. The Morgan fingerprint density at radius 2 is 2.00 bits per heavy atom. The number of hydrogen-bond acceptors (Lipinski definition) is 6. The fourth-order valence-electron chi connectivity index (χ4n) is 3.38. The van der Waals surface area contributed by atoms with E-state index in [0.29, 0.717) is 32.1 Å². The monoisotopic (exact) mass is 559 g/mol. The first kappa shape index (κ1) is 24.2. The van der Waals surface area contributed by atoms with E-state index in [1.807, 2.05) is 23.7 Å². The van der Waals surface area contributed by atoms with E-state index in [9.17, 15) is 8.42 Å². The Labute approximate surface area is 193 Å². The predicted molar refractivity (Wildman–Crippen MR) is 130 cm³/mol. The second-order valence-corrected chi connectivity index (χ2v) is 11.3. The zero-order valence-electron chi connectivity index (χ0n) is 16.5. The molecule has 7 nitrogen and oxygen atoms in total. The summed E-state index contributed by atoms with van der Waals surface area (Å²) in [5.41, 5.74) is 1.27. The lowest BCUT2D eigenvalue weighted by molar-refractivity contribution is 0.442. The van der Waals surface area contributed by atoms with Crippen LogP contribution in [0.1, 0.15) is 28.4 Å². The van der Waals surface area contributed by atoms with Crippen molar-refractivity contribution in [1.82, 2.24) is 19.5 Å². The molecule has 1 fully saturated rings. The molecule has 1 aliphatic heterocycles. The maximum Gasteiger partial charge on any atom is 0.215 e. The molecule has 1 saturated heterocycles. The van der Waals surface area contributed by atoms with E-state index in [-0.39, 0.29) is 29.7 Å². The zero-order chi connectivity index (χ0) is 19.3. The maximum absolute atomic E-state index is 12.4. The number of hydrogen-bond donors (Lipinski definition) is 1. The van der Waals surface area contributed by atoms with E-state index in [4.69, 9.17) is 4.98 Å². The number of aliphatic imine (C=N–C) groups is 1. The molecule has 1 aliphatic carbocycles. The fraction of sp³-hybridized carbons (Fsp3) is 0.765. The van der Waals surface area contributed by atoms with Gasteiger partial charge in [-0.15, -0.1) is 35.3 Å². The first-order chi connectivity index (χ1) is 13.0. The van der Waals surface area contributed by atoms with Crippen molar-refractivity contribution in [2.24, 2.45) is 4.99 Å². The molecule has 160 valence electrons. The summed E-state index contributed by atoms with van der Waals surface area (Å²) in [5, 5.41) is 4.29. The molecular formula is C17H30IN5O2S3. The van der Waals surface area contributed by atoms with Crippen LogP contribution in [0.25, 0.3) is 0 Å². The summed E-state index contributed by atoms with van der Waals surface area (Å²) in [6.07, 6.45) is 4.74. The Morgan fingerprint density at radius 3 is 2.68 bits per heavy atom. The molecule has 2 aliphatic rings. The molecule has 0 radical (unpaired) electrons. The van der Waals surface area contributed by atoms with Gasteiger partial charge in [0, 0.05) is 50.1 Å². The molecule has 3 rings (SSSR count). The zero-order valence-corrected chi connectivity index (χ0v) is 21.3. The minimum Gasteiger partial charge on any atom is -0.355 e. The van der Waals surface area contributed by atoms with Gasteiger partial charge in [-0.05, 0) is 25.7 Å². The third-order valence-corrected chi connectivity index (χ3v) is 8.80. The van der Waals surface area contributed by atoms with E-state index in [1.54, 1.807) is 22.7 Å². The average molecular weight is 560 g/mol. The number of rotatable bonds is 6. The summed E-state index contributed by atoms with van der Waals surface area (Å²) in [6, 6.07) is 0. The summed E-state index contributed by atoms with van der Waals surface area (Å²) in [4.78, 5) is 12.5. The minimum absolute atomic E-state index is 0. The van der Waals surface area contributed by atoms with Crippen LogP contribution in [0.5, 0.6) is 0 Å². The number of halogens is 1. The van der Waals surface area contributed by atoms with Gasteiger partial charge < -0.3 is 10.2 Å². The molecular weight excluding hydrogens is 529 g/mol. The Balaban J connectivity index is 0.00000280. The lowest BCUT2D eigenvalue weighted by Crippen LogP contribution is -2.44. The summed E-state index contributed by atoms with van der Waals surface area (Å²) < 4.78 is 26.5. The summed E-state index contributed by atoms with van der Waals surface area (Å²) >= 11 is 3.61. The normalized spacial score (nSPS) is 18.3. The van der Waals surface area contributed by atoms with Crippen LogP contribution in [-0.2, 0) is 29.4 Å². The topological polar surface area (TPSA) is 77.9 Å². The van der Waals surface area contributed by atoms with Gasteiger partial charge >= 0.3 is 0 Å². The van der Waals surface area contributed by atoms with Gasteiger partial charge in [0.25, 0.3) is 0 Å². The number of thiazole rings is 1. The highest BCUT2D eigenvalue weighted by atomic mass is 127. The highest BCUT2D eigenvalue weighted by molar-refractivity contribution is 14.0. The first-order valence-corrected chi connectivity index (χ1v) is 13.0. The third kappa shape index (κ3) is 6.44. The molecule has 0 atom stereocenters. The Bertz CT molecular complexity index is 739. The van der Waals surface area contributed by atoms with Gasteiger partial charge in [0.15, 0.2) is 5.96 Å². The smallest absolute Gasteiger partial charge is 0.215 e. The SMILES string of the molecule is CN=C(NCCS(=O)(=O)N1CCSCC1)N(C)Cc1nc2c(s1)CCCC2.I. The van der Waals surface area contributed by atoms with Gasteiger partial charge in [-0.1, -0.05) is 0 Å². The average Bonchev–Trinajstić information content (AvgIpc) is 3.08. The number of thioether (sulfide) groups is 1. The molecule has 0 unspecified atom stereocenters. The van der Waals surface area contributed by atoms with Gasteiger partial charge in [-0.25, -0.2) is 17.7 Å². The van der Waals surface area contributed by atoms with E-state index in [2.05, 4.69) is 10.3 Å². The first-order valence-electron chi connectivity index (χ1n) is 9.44. The van der Waals surface area contributed by atoms with Crippen molar-refractivity contribution in [2.75, 3.05) is 51.0 Å². The minimum atomic E-state index is -3.20. The van der Waals surface area contributed by atoms with Crippen molar-refractivity contribution in [1.29, 1.82) is 0 Å². The van der Waals surface area contributed by atoms with Crippen LogP contribution in [0, 0.1) is 0 Å². The summed E-state index contributed by atoms with van der Waals surface area (Å²) in [5.74, 6) is 2.56. The van der Waals surface area contributed by atoms with E-state index >= 15 is 0 Å². The van der Waals surface area contributed by atoms with Crippen LogP contribution in [0.2, 0.25) is 0 Å². The number of aryl methyl sites for hydroxylation is 2. The molecule has 0 bridgehead atoms. The third-order valence-electron chi connectivity index (χ3n) is 4.84. The largest absolute Gasteiger partial charge is 0.355 e. The Kier molecular flexibility index (Phi) is 9.77. The van der Waals surface area contributed by atoms with Crippen LogP contribution in [-0.4, -0.2) is 79.6 Å². The standard InChI is InChI=1S/C17H29N5O2S3.HI/c1-18-17(19-7-12-27(23,24)22-8-10-25-11-9-22)21(2)13-16-20-14-5-3-4-6-15(14)26-16;/h3-13H2,1-2H3,(H,18,19);1H. The van der Waals surface area contributed by atoms with Crippen molar-refractivity contribution >= 4 is 63.1 Å². The second kappa shape index (κ2) is 11.3. The molecule has 2 heterocycles. The molecule has 1 N–H and O–H groups in total. The van der Waals surface area contributed by atoms with Gasteiger partial charge in [0.05, 0.1) is 18.0 Å². The van der Waals surface area contributed by atoms with Crippen molar-refractivity contribution in [3.05, 3.63) is 15.6 Å². The maximum atomic E-state index is 12.4. The highest BCUT2D eigenvalue weighted by Gasteiger charge is 2.24. The number of nitrogens with zero attached hydrogens (tertiary/aromatic N) is 4. The molecule has 1 aromatic heterocycles. The predicted octanol–water partition coefficient (Wildman–Crippen LogP) is 2.03. The van der Waals surface area contributed by atoms with Crippen LogP contribution in [0.3, 0.4) is 0 Å². The van der Waals surface area contributed by atoms with E-state index in [0.717, 1.165) is 29.4 Å². The second-order valence-electron chi connectivity index (χ2n) is 6.84. The number of nitrogens with one attached hydrogen (secondary N) is 1. The highest BCUT2D eigenvalue weighted by Crippen LogP contribution is 2.27. The molecule has 0 spiro atoms. The molecule has 0 aromatic carbocycles. The van der Waals surface area contributed by atoms with Crippen LogP contribution in [0.15, 0.2) is 4.99 Å². The van der Waals surface area contributed by atoms with Crippen LogP contribution < -0.4 is 5.32 Å². The molecule has 0 saturated carbocycles. The Hall–Kier alpha value is -0.110. The number of guanidine groups is 1.